The SMILES string of the molecule is CC1(C)/C(=N/OC[C@H]2CNC(=O)O2)c2cc(OC3CCC(N)CC3)ccc2-c2ncnc(N)c21. The Morgan fingerprint density at radius 3 is 2.74 bits per heavy atom. The zero-order valence-corrected chi connectivity index (χ0v) is 19.4. The number of amides is 1. The lowest BCUT2D eigenvalue weighted by Gasteiger charge is -2.35. The van der Waals surface area contributed by atoms with Gasteiger partial charge in [-0.3, -0.25) is 0 Å². The topological polar surface area (TPSA) is 147 Å². The molecule has 5 rings (SSSR count). The fraction of sp³-hybridized carbons (Fsp3) is 0.500. The molecule has 1 aliphatic heterocycles. The van der Waals surface area contributed by atoms with E-state index in [9.17, 15) is 4.79 Å². The maximum Gasteiger partial charge on any atom is 0.407 e. The number of anilines is 1. The average Bonchev–Trinajstić information content (AvgIpc) is 3.22. The highest BCUT2D eigenvalue weighted by Crippen LogP contribution is 2.45. The number of nitrogen functional groups attached to an aromatic ring is 1. The van der Waals surface area contributed by atoms with E-state index in [1.165, 1.54) is 6.33 Å². The van der Waals surface area contributed by atoms with Crippen LogP contribution in [0.1, 0.15) is 50.7 Å². The second-order valence-corrected chi connectivity index (χ2v) is 9.61. The lowest BCUT2D eigenvalue weighted by atomic mass is 9.70. The van der Waals surface area contributed by atoms with Gasteiger partial charge in [-0.2, -0.15) is 0 Å². The standard InChI is InChI=1S/C24H30N6O4/c1-24(2)19-20(28-12-29-22(19)26)17-8-7-15(33-14-5-3-13(25)4-6-14)9-18(17)21(24)30-32-11-16-10-27-23(31)34-16/h7-9,12-14,16H,3-6,10-11,25H2,1-2H3,(H,27,31)(H2,26,28,29)/b30-21+/t13?,14?,16-/m1/s1. The predicted molar refractivity (Wildman–Crippen MR) is 127 cm³/mol. The van der Waals surface area contributed by atoms with E-state index < -0.39 is 17.6 Å². The predicted octanol–water partition coefficient (Wildman–Crippen LogP) is 2.49. The molecule has 1 amide bonds. The summed E-state index contributed by atoms with van der Waals surface area (Å²) in [5, 5.41) is 7.13. The molecular formula is C24H30N6O4. The molecule has 0 radical (unpaired) electrons. The van der Waals surface area contributed by atoms with E-state index in [0.29, 0.717) is 18.1 Å². The highest BCUT2D eigenvalue weighted by molar-refractivity contribution is 6.15. The third kappa shape index (κ3) is 4.13. The van der Waals surface area contributed by atoms with E-state index in [0.717, 1.165) is 53.8 Å². The fourth-order valence-electron chi connectivity index (χ4n) is 4.95. The third-order valence-electron chi connectivity index (χ3n) is 6.78. The number of alkyl carbamates (subject to hydrolysis) is 1. The van der Waals surface area contributed by atoms with Crippen molar-refractivity contribution in [2.75, 3.05) is 18.9 Å². The highest BCUT2D eigenvalue weighted by Gasteiger charge is 2.41. The molecule has 1 atom stereocenters. The Morgan fingerprint density at radius 1 is 1.21 bits per heavy atom. The molecule has 10 heteroatoms. The van der Waals surface area contributed by atoms with E-state index >= 15 is 0 Å². The summed E-state index contributed by atoms with van der Waals surface area (Å²) >= 11 is 0. The van der Waals surface area contributed by atoms with Crippen LogP contribution in [0.25, 0.3) is 11.3 Å². The maximum atomic E-state index is 11.3. The number of nitrogens with one attached hydrogen (secondary N) is 1. The van der Waals surface area contributed by atoms with Gasteiger partial charge in [0.05, 0.1) is 24.1 Å². The molecule has 2 aromatic rings. The maximum absolute atomic E-state index is 11.3. The van der Waals surface area contributed by atoms with Crippen molar-refractivity contribution in [1.82, 2.24) is 15.3 Å². The largest absolute Gasteiger partial charge is 0.490 e. The molecule has 5 N–H and O–H groups in total. The molecule has 1 saturated heterocycles. The monoisotopic (exact) mass is 466 g/mol. The number of nitrogens with zero attached hydrogens (tertiary/aromatic N) is 3. The molecule has 2 heterocycles. The molecule has 0 unspecified atom stereocenters. The molecule has 1 aromatic carbocycles. The highest BCUT2D eigenvalue weighted by atomic mass is 16.7. The van der Waals surface area contributed by atoms with Gasteiger partial charge in [-0.25, -0.2) is 14.8 Å². The lowest BCUT2D eigenvalue weighted by Crippen LogP contribution is -2.36. The minimum atomic E-state index is -0.630. The third-order valence-corrected chi connectivity index (χ3v) is 6.78. The first-order chi connectivity index (χ1) is 16.3. The molecule has 2 fully saturated rings. The Balaban J connectivity index is 1.49. The van der Waals surface area contributed by atoms with Gasteiger partial charge in [0.2, 0.25) is 0 Å². The molecule has 3 aliphatic rings. The molecule has 1 aromatic heterocycles. The van der Waals surface area contributed by atoms with Crippen molar-refractivity contribution >= 4 is 17.6 Å². The Kier molecular flexibility index (Phi) is 5.76. The first-order valence-electron chi connectivity index (χ1n) is 11.7. The number of nitrogens with two attached hydrogens (primary N) is 2. The Labute approximate surface area is 198 Å². The summed E-state index contributed by atoms with van der Waals surface area (Å²) < 4.78 is 11.5. The number of hydrogen-bond donors (Lipinski definition) is 3. The molecule has 1 saturated carbocycles. The van der Waals surface area contributed by atoms with Crippen molar-refractivity contribution < 1.29 is 19.1 Å². The van der Waals surface area contributed by atoms with Gasteiger partial charge in [0, 0.05) is 28.1 Å². The average molecular weight is 467 g/mol. The first-order valence-corrected chi connectivity index (χ1v) is 11.7. The molecule has 34 heavy (non-hydrogen) atoms. The summed E-state index contributed by atoms with van der Waals surface area (Å²) in [6, 6.07) is 6.19. The van der Waals surface area contributed by atoms with E-state index in [4.69, 9.17) is 25.8 Å². The van der Waals surface area contributed by atoms with Gasteiger partial charge in [0.15, 0.2) is 12.7 Å². The summed E-state index contributed by atoms with van der Waals surface area (Å²) in [4.78, 5) is 25.8. The Hall–Kier alpha value is -3.40. The second kappa shape index (κ2) is 8.75. The molecule has 0 bridgehead atoms. The van der Waals surface area contributed by atoms with Crippen LogP contribution in [0.2, 0.25) is 0 Å². The smallest absolute Gasteiger partial charge is 0.407 e. The van der Waals surface area contributed by atoms with Crippen LogP contribution in [0.15, 0.2) is 29.7 Å². The van der Waals surface area contributed by atoms with Crippen LogP contribution in [0.4, 0.5) is 10.6 Å². The second-order valence-electron chi connectivity index (χ2n) is 9.61. The normalized spacial score (nSPS) is 26.3. The minimum Gasteiger partial charge on any atom is -0.490 e. The quantitative estimate of drug-likeness (QED) is 0.570. The Bertz CT molecular complexity index is 1130. The van der Waals surface area contributed by atoms with Crippen LogP contribution in [0, 0.1) is 0 Å². The number of oxime groups is 1. The minimum absolute atomic E-state index is 0.139. The molecule has 10 nitrogen and oxygen atoms in total. The number of cyclic esters (lactones) is 1. The van der Waals surface area contributed by atoms with Crippen molar-refractivity contribution in [2.45, 2.75) is 63.2 Å². The van der Waals surface area contributed by atoms with E-state index in [1.807, 2.05) is 32.0 Å². The Morgan fingerprint density at radius 2 is 2.00 bits per heavy atom. The molecule has 2 aliphatic carbocycles. The van der Waals surface area contributed by atoms with Crippen LogP contribution in [0.5, 0.6) is 5.75 Å². The van der Waals surface area contributed by atoms with E-state index in [2.05, 4.69) is 20.4 Å². The van der Waals surface area contributed by atoms with Gasteiger partial charge in [-0.05, 0) is 57.7 Å². The number of benzene rings is 1. The van der Waals surface area contributed by atoms with Gasteiger partial charge in [-0.15, -0.1) is 0 Å². The van der Waals surface area contributed by atoms with Gasteiger partial charge < -0.3 is 31.1 Å². The fourth-order valence-corrected chi connectivity index (χ4v) is 4.95. The zero-order valence-electron chi connectivity index (χ0n) is 19.4. The number of carbonyl (C=O) groups is 1. The summed E-state index contributed by atoms with van der Waals surface area (Å²) in [6.07, 6.45) is 4.58. The van der Waals surface area contributed by atoms with E-state index in [-0.39, 0.29) is 18.8 Å². The van der Waals surface area contributed by atoms with Crippen molar-refractivity contribution in [3.63, 3.8) is 0 Å². The van der Waals surface area contributed by atoms with Crippen molar-refractivity contribution in [1.29, 1.82) is 0 Å². The number of aromatic nitrogens is 2. The summed E-state index contributed by atoms with van der Waals surface area (Å²) in [6.45, 7) is 4.56. The van der Waals surface area contributed by atoms with Crippen molar-refractivity contribution in [3.8, 4) is 17.0 Å². The van der Waals surface area contributed by atoms with Crippen LogP contribution in [0.3, 0.4) is 0 Å². The van der Waals surface area contributed by atoms with E-state index in [1.54, 1.807) is 0 Å². The summed E-state index contributed by atoms with van der Waals surface area (Å²) in [5.74, 6) is 1.17. The molecule has 0 spiro atoms. The first kappa shape index (κ1) is 22.4. The van der Waals surface area contributed by atoms with Crippen LogP contribution < -0.4 is 21.5 Å². The zero-order chi connectivity index (χ0) is 23.9. The number of ether oxygens (including phenoxy) is 2. The number of fused-ring (bicyclic) bond motifs is 3. The van der Waals surface area contributed by atoms with Gasteiger partial charge >= 0.3 is 6.09 Å². The number of hydrogen-bond acceptors (Lipinski definition) is 9. The van der Waals surface area contributed by atoms with Gasteiger partial charge in [0.1, 0.15) is 17.9 Å². The van der Waals surface area contributed by atoms with Crippen molar-refractivity contribution in [3.05, 3.63) is 35.7 Å². The van der Waals surface area contributed by atoms with Crippen LogP contribution in [-0.2, 0) is 15.0 Å². The lowest BCUT2D eigenvalue weighted by molar-refractivity contribution is 0.0487. The van der Waals surface area contributed by atoms with Crippen LogP contribution in [-0.4, -0.2) is 53.2 Å². The van der Waals surface area contributed by atoms with Crippen molar-refractivity contribution in [2.24, 2.45) is 10.9 Å². The number of carbonyl (C=O) groups excluding carboxylic acids is 1. The molecular weight excluding hydrogens is 436 g/mol. The molecule has 180 valence electrons. The summed E-state index contributed by atoms with van der Waals surface area (Å²) in [5.41, 5.74) is 15.7. The van der Waals surface area contributed by atoms with Gasteiger partial charge in [0.25, 0.3) is 0 Å². The van der Waals surface area contributed by atoms with Crippen LogP contribution >= 0.6 is 0 Å². The van der Waals surface area contributed by atoms with Gasteiger partial charge in [-0.1, -0.05) is 5.16 Å². The number of rotatable bonds is 5. The summed E-state index contributed by atoms with van der Waals surface area (Å²) in [7, 11) is 0.